The van der Waals surface area contributed by atoms with Crippen LogP contribution in [0.2, 0.25) is 0 Å². The lowest BCUT2D eigenvalue weighted by atomic mass is 9.81. The van der Waals surface area contributed by atoms with Crippen LogP contribution in [0, 0.1) is 5.92 Å². The van der Waals surface area contributed by atoms with Crippen LogP contribution in [0.15, 0.2) is 30.3 Å². The molecule has 1 aromatic rings. The molecule has 1 unspecified atom stereocenters. The van der Waals surface area contributed by atoms with E-state index in [9.17, 15) is 4.79 Å². The molecule has 0 aliphatic heterocycles. The van der Waals surface area contributed by atoms with Crippen molar-refractivity contribution < 1.29 is 9.53 Å². The summed E-state index contributed by atoms with van der Waals surface area (Å²) in [5.74, 6) is 0.303. The van der Waals surface area contributed by atoms with Crippen molar-refractivity contribution in [2.45, 2.75) is 58.3 Å². The number of ether oxygens (including phenoxy) is 1. The first-order valence-electron chi connectivity index (χ1n) is 9.70. The zero-order valence-corrected chi connectivity index (χ0v) is 15.4. The van der Waals surface area contributed by atoms with E-state index in [0.29, 0.717) is 12.5 Å². The van der Waals surface area contributed by atoms with Crippen molar-refractivity contribution in [2.24, 2.45) is 5.92 Å². The Morgan fingerprint density at radius 1 is 1.08 bits per heavy atom. The number of hydrogen-bond acceptors (Lipinski definition) is 3. The maximum atomic E-state index is 12.9. The highest BCUT2D eigenvalue weighted by molar-refractivity contribution is 5.78. The predicted molar refractivity (Wildman–Crippen MR) is 99.1 cm³/mol. The SMILES string of the molecule is CCN(CC)CCOC(=O)C(c1ccccc1)C1CCCCCC1. The molecule has 0 N–H and O–H groups in total. The lowest BCUT2D eigenvalue weighted by molar-refractivity contribution is -0.147. The molecule has 3 nitrogen and oxygen atoms in total. The Labute approximate surface area is 147 Å². The minimum atomic E-state index is -0.0963. The van der Waals surface area contributed by atoms with Crippen LogP contribution >= 0.6 is 0 Å². The first kappa shape index (κ1) is 19.0. The third-order valence-corrected chi connectivity index (χ3v) is 5.33. The van der Waals surface area contributed by atoms with Gasteiger partial charge in [-0.25, -0.2) is 0 Å². The Balaban J connectivity index is 2.03. The molecule has 2 rings (SSSR count). The Bertz CT molecular complexity index is 462. The number of nitrogens with zero attached hydrogens (tertiary/aromatic N) is 1. The summed E-state index contributed by atoms with van der Waals surface area (Å²) < 4.78 is 5.71. The van der Waals surface area contributed by atoms with E-state index in [-0.39, 0.29) is 11.9 Å². The van der Waals surface area contributed by atoms with Crippen LogP contribution in [0.3, 0.4) is 0 Å². The molecular weight excluding hydrogens is 298 g/mol. The Hall–Kier alpha value is -1.35. The van der Waals surface area contributed by atoms with Gasteiger partial charge in [-0.05, 0) is 37.4 Å². The number of esters is 1. The van der Waals surface area contributed by atoms with Gasteiger partial charge in [-0.15, -0.1) is 0 Å². The molecule has 0 heterocycles. The summed E-state index contributed by atoms with van der Waals surface area (Å²) in [5, 5.41) is 0. The number of rotatable bonds is 8. The third kappa shape index (κ3) is 5.62. The Kier molecular flexibility index (Phi) is 8.31. The summed E-state index contributed by atoms with van der Waals surface area (Å²) in [6.45, 7) is 7.60. The number of likely N-dealkylation sites (N-methyl/N-ethyl adjacent to an activating group) is 1. The number of carbonyl (C=O) groups is 1. The first-order valence-corrected chi connectivity index (χ1v) is 9.70. The summed E-state index contributed by atoms with van der Waals surface area (Å²) in [7, 11) is 0. The van der Waals surface area contributed by atoms with Gasteiger partial charge in [0.2, 0.25) is 0 Å². The van der Waals surface area contributed by atoms with Gasteiger partial charge >= 0.3 is 5.97 Å². The second-order valence-corrected chi connectivity index (χ2v) is 6.83. The molecule has 1 aliphatic carbocycles. The van der Waals surface area contributed by atoms with E-state index < -0.39 is 0 Å². The molecule has 1 aromatic carbocycles. The minimum Gasteiger partial charge on any atom is -0.464 e. The largest absolute Gasteiger partial charge is 0.464 e. The van der Waals surface area contributed by atoms with Crippen molar-refractivity contribution >= 4 is 5.97 Å². The fourth-order valence-corrected chi connectivity index (χ4v) is 3.81. The normalized spacial score (nSPS) is 17.5. The van der Waals surface area contributed by atoms with E-state index in [4.69, 9.17) is 4.74 Å². The van der Waals surface area contributed by atoms with Gasteiger partial charge in [0.15, 0.2) is 0 Å². The molecule has 1 fully saturated rings. The van der Waals surface area contributed by atoms with Crippen molar-refractivity contribution in [3.8, 4) is 0 Å². The Morgan fingerprint density at radius 3 is 2.29 bits per heavy atom. The van der Waals surface area contributed by atoms with Gasteiger partial charge in [0.1, 0.15) is 6.61 Å². The lowest BCUT2D eigenvalue weighted by Gasteiger charge is -2.26. The molecule has 0 amide bonds. The van der Waals surface area contributed by atoms with Crippen molar-refractivity contribution in [1.82, 2.24) is 4.90 Å². The average molecular weight is 332 g/mol. The second kappa shape index (κ2) is 10.5. The third-order valence-electron chi connectivity index (χ3n) is 5.33. The summed E-state index contributed by atoms with van der Waals surface area (Å²) in [5.41, 5.74) is 1.12. The molecular formula is C21H33NO2. The smallest absolute Gasteiger partial charge is 0.313 e. The van der Waals surface area contributed by atoms with Crippen molar-refractivity contribution in [3.63, 3.8) is 0 Å². The van der Waals surface area contributed by atoms with Crippen LogP contribution in [0.25, 0.3) is 0 Å². The molecule has 0 bridgehead atoms. The molecule has 134 valence electrons. The van der Waals surface area contributed by atoms with E-state index in [0.717, 1.165) is 38.0 Å². The standard InChI is InChI=1S/C21H33NO2/c1-3-22(4-2)16-17-24-21(23)20(19-14-10-7-11-15-19)18-12-8-5-6-9-13-18/h7,10-11,14-15,18,20H,3-6,8-9,12-13,16-17H2,1-2H3. The topological polar surface area (TPSA) is 29.5 Å². The molecule has 0 spiro atoms. The van der Waals surface area contributed by atoms with Crippen molar-refractivity contribution in [1.29, 1.82) is 0 Å². The summed E-state index contributed by atoms with van der Waals surface area (Å²) in [6, 6.07) is 10.2. The van der Waals surface area contributed by atoms with Gasteiger partial charge in [0, 0.05) is 6.54 Å². The molecule has 0 saturated heterocycles. The highest BCUT2D eigenvalue weighted by Gasteiger charge is 2.31. The van der Waals surface area contributed by atoms with E-state index in [1.54, 1.807) is 0 Å². The molecule has 0 radical (unpaired) electrons. The van der Waals surface area contributed by atoms with Crippen molar-refractivity contribution in [2.75, 3.05) is 26.2 Å². The van der Waals surface area contributed by atoms with Gasteiger partial charge in [0.05, 0.1) is 5.92 Å². The molecule has 1 saturated carbocycles. The van der Waals surface area contributed by atoms with Crippen LogP contribution in [-0.2, 0) is 9.53 Å². The maximum absolute atomic E-state index is 12.9. The zero-order valence-electron chi connectivity index (χ0n) is 15.4. The molecule has 24 heavy (non-hydrogen) atoms. The van der Waals surface area contributed by atoms with E-state index in [2.05, 4.69) is 30.9 Å². The van der Waals surface area contributed by atoms with Crippen LogP contribution < -0.4 is 0 Å². The maximum Gasteiger partial charge on any atom is 0.313 e. The fourth-order valence-electron chi connectivity index (χ4n) is 3.81. The summed E-state index contributed by atoms with van der Waals surface area (Å²) in [6.07, 6.45) is 7.36. The molecule has 3 heteroatoms. The van der Waals surface area contributed by atoms with E-state index in [1.807, 2.05) is 18.2 Å². The summed E-state index contributed by atoms with van der Waals surface area (Å²) >= 11 is 0. The number of benzene rings is 1. The lowest BCUT2D eigenvalue weighted by Crippen LogP contribution is -2.30. The average Bonchev–Trinajstić information content (AvgIpc) is 2.89. The monoisotopic (exact) mass is 331 g/mol. The van der Waals surface area contributed by atoms with E-state index in [1.165, 1.54) is 25.7 Å². The predicted octanol–water partition coefficient (Wildman–Crippen LogP) is 4.63. The van der Waals surface area contributed by atoms with Gasteiger partial charge in [-0.1, -0.05) is 69.9 Å². The molecule has 0 aromatic heterocycles. The van der Waals surface area contributed by atoms with Crippen LogP contribution in [0.5, 0.6) is 0 Å². The number of hydrogen-bond donors (Lipinski definition) is 0. The van der Waals surface area contributed by atoms with Gasteiger partial charge in [0.25, 0.3) is 0 Å². The molecule has 1 aliphatic rings. The fraction of sp³-hybridized carbons (Fsp3) is 0.667. The van der Waals surface area contributed by atoms with Gasteiger partial charge in [-0.3, -0.25) is 4.79 Å². The minimum absolute atomic E-state index is 0.0275. The van der Waals surface area contributed by atoms with Crippen LogP contribution in [-0.4, -0.2) is 37.1 Å². The van der Waals surface area contributed by atoms with Gasteiger partial charge < -0.3 is 9.64 Å². The van der Waals surface area contributed by atoms with E-state index >= 15 is 0 Å². The first-order chi connectivity index (χ1) is 11.8. The van der Waals surface area contributed by atoms with Crippen LogP contribution in [0.1, 0.15) is 63.9 Å². The quantitative estimate of drug-likeness (QED) is 0.514. The highest BCUT2D eigenvalue weighted by Crippen LogP contribution is 2.36. The van der Waals surface area contributed by atoms with Gasteiger partial charge in [-0.2, -0.15) is 0 Å². The van der Waals surface area contributed by atoms with Crippen LogP contribution in [0.4, 0.5) is 0 Å². The number of carbonyl (C=O) groups excluding carboxylic acids is 1. The second-order valence-electron chi connectivity index (χ2n) is 6.83. The zero-order chi connectivity index (χ0) is 17.2. The Morgan fingerprint density at radius 2 is 1.71 bits per heavy atom. The molecule has 1 atom stereocenters. The highest BCUT2D eigenvalue weighted by atomic mass is 16.5. The van der Waals surface area contributed by atoms with Crippen molar-refractivity contribution in [3.05, 3.63) is 35.9 Å². The summed E-state index contributed by atoms with van der Waals surface area (Å²) in [4.78, 5) is 15.2.